The first-order valence-corrected chi connectivity index (χ1v) is 13.0. The van der Waals surface area contributed by atoms with Crippen molar-refractivity contribution in [2.45, 2.75) is 72.6 Å². The van der Waals surface area contributed by atoms with E-state index in [2.05, 4.69) is 10.6 Å². The second-order valence-corrected chi connectivity index (χ2v) is 10.6. The molecule has 0 bridgehead atoms. The lowest BCUT2D eigenvalue weighted by molar-refractivity contribution is -0.141. The third kappa shape index (κ3) is 8.74. The molecule has 0 aliphatic heterocycles. The van der Waals surface area contributed by atoms with E-state index in [0.717, 1.165) is 11.1 Å². The van der Waals surface area contributed by atoms with Gasteiger partial charge in [-0.2, -0.15) is 5.26 Å². The van der Waals surface area contributed by atoms with E-state index in [1.807, 2.05) is 45.9 Å². The van der Waals surface area contributed by atoms with Crippen LogP contribution in [-0.4, -0.2) is 48.1 Å². The summed E-state index contributed by atoms with van der Waals surface area (Å²) in [5.74, 6) is -0.706. The molecule has 0 fully saturated rings. The van der Waals surface area contributed by atoms with Crippen LogP contribution in [0.3, 0.4) is 0 Å². The van der Waals surface area contributed by atoms with Crippen LogP contribution in [0.15, 0.2) is 42.5 Å². The molecule has 0 aliphatic carbocycles. The second kappa shape index (κ2) is 13.7. The Bertz CT molecular complexity index is 1200. The Morgan fingerprint density at radius 3 is 2.23 bits per heavy atom. The number of alkyl carbamates (subject to hydrolysis) is 1. The van der Waals surface area contributed by atoms with Gasteiger partial charge in [-0.05, 0) is 75.9 Å². The summed E-state index contributed by atoms with van der Waals surface area (Å²) < 4.78 is 10.6. The van der Waals surface area contributed by atoms with Gasteiger partial charge in [-0.3, -0.25) is 9.59 Å². The average Bonchev–Trinajstić information content (AvgIpc) is 2.86. The van der Waals surface area contributed by atoms with Crippen LogP contribution in [0.2, 0.25) is 0 Å². The number of ether oxygens (including phenoxy) is 2. The Hall–Kier alpha value is -4.06. The van der Waals surface area contributed by atoms with Crippen LogP contribution in [0.5, 0.6) is 5.75 Å². The van der Waals surface area contributed by atoms with E-state index < -0.39 is 35.6 Å². The number of amides is 3. The molecule has 0 aliphatic rings. The summed E-state index contributed by atoms with van der Waals surface area (Å²) in [6.45, 7) is 12.3. The van der Waals surface area contributed by atoms with Gasteiger partial charge in [0.2, 0.25) is 5.91 Å². The van der Waals surface area contributed by atoms with Gasteiger partial charge < -0.3 is 25.0 Å². The molecule has 3 amide bonds. The van der Waals surface area contributed by atoms with Crippen molar-refractivity contribution in [3.8, 4) is 11.8 Å². The first-order chi connectivity index (χ1) is 18.3. The van der Waals surface area contributed by atoms with Gasteiger partial charge in [-0.25, -0.2) is 4.79 Å². The first kappa shape index (κ1) is 31.2. The highest BCUT2D eigenvalue weighted by Crippen LogP contribution is 2.29. The molecule has 9 nitrogen and oxygen atoms in total. The predicted octanol–water partition coefficient (Wildman–Crippen LogP) is 5.28. The van der Waals surface area contributed by atoms with Gasteiger partial charge in [0.1, 0.15) is 30.0 Å². The smallest absolute Gasteiger partial charge is 0.408 e. The van der Waals surface area contributed by atoms with Crippen LogP contribution in [-0.2, 0) is 14.3 Å². The largest absolute Gasteiger partial charge is 0.497 e. The number of hydrogen-bond acceptors (Lipinski definition) is 6. The SMILES string of the molecule is CCC(C)C(NC(=O)OC(C)(C)C)C(=O)N(CC#N)C(C(=O)Nc1ccc(OC)cc1)c1ccc(C)cc1C. The number of benzene rings is 2. The fourth-order valence-corrected chi connectivity index (χ4v) is 4.14. The highest BCUT2D eigenvalue weighted by molar-refractivity contribution is 5.99. The molecule has 0 spiro atoms. The molecule has 2 N–H and O–H groups in total. The van der Waals surface area contributed by atoms with Gasteiger partial charge in [-0.15, -0.1) is 0 Å². The summed E-state index contributed by atoms with van der Waals surface area (Å²) in [6, 6.07) is 12.3. The maximum atomic E-state index is 14.1. The Kier molecular flexibility index (Phi) is 10.9. The number of nitrogens with one attached hydrogen (secondary N) is 2. The van der Waals surface area contributed by atoms with Gasteiger partial charge in [0.25, 0.3) is 5.91 Å². The van der Waals surface area contributed by atoms with Crippen LogP contribution in [0.25, 0.3) is 0 Å². The minimum Gasteiger partial charge on any atom is -0.497 e. The van der Waals surface area contributed by atoms with Gasteiger partial charge in [0, 0.05) is 5.69 Å². The Morgan fingerprint density at radius 2 is 1.72 bits per heavy atom. The zero-order chi connectivity index (χ0) is 29.3. The van der Waals surface area contributed by atoms with E-state index in [1.54, 1.807) is 58.2 Å². The first-order valence-electron chi connectivity index (χ1n) is 13.0. The van der Waals surface area contributed by atoms with Crippen molar-refractivity contribution in [2.75, 3.05) is 19.0 Å². The van der Waals surface area contributed by atoms with Crippen LogP contribution in [0, 0.1) is 31.1 Å². The molecule has 0 saturated carbocycles. The van der Waals surface area contributed by atoms with E-state index in [4.69, 9.17) is 9.47 Å². The maximum Gasteiger partial charge on any atom is 0.408 e. The van der Waals surface area contributed by atoms with E-state index in [9.17, 15) is 19.6 Å². The standard InChI is InChI=1S/C30H40N4O5/c1-9-20(3)25(33-29(37)39-30(5,6)7)28(36)34(17-16-31)26(24-15-10-19(2)18-21(24)4)27(35)32-22-11-13-23(38-8)14-12-22/h10-15,18,20,25-26H,9,17H2,1-8H3,(H,32,35)(H,33,37). The topological polar surface area (TPSA) is 121 Å². The van der Waals surface area contributed by atoms with E-state index >= 15 is 0 Å². The number of carbonyl (C=O) groups excluding carboxylic acids is 3. The second-order valence-electron chi connectivity index (χ2n) is 10.6. The van der Waals surface area contributed by atoms with E-state index in [1.165, 1.54) is 4.90 Å². The summed E-state index contributed by atoms with van der Waals surface area (Å²) in [6.07, 6.45) is -0.178. The summed E-state index contributed by atoms with van der Waals surface area (Å²) in [7, 11) is 1.55. The highest BCUT2D eigenvalue weighted by atomic mass is 16.6. The lowest BCUT2D eigenvalue weighted by Crippen LogP contribution is -2.54. The molecule has 39 heavy (non-hydrogen) atoms. The fourth-order valence-electron chi connectivity index (χ4n) is 4.14. The summed E-state index contributed by atoms with van der Waals surface area (Å²) in [5.41, 5.74) is 2.11. The van der Waals surface area contributed by atoms with Crippen molar-refractivity contribution < 1.29 is 23.9 Å². The molecule has 2 aromatic rings. The molecular formula is C30H40N4O5. The zero-order valence-electron chi connectivity index (χ0n) is 24.1. The quantitative estimate of drug-likeness (QED) is 0.399. The molecule has 2 aromatic carbocycles. The predicted molar refractivity (Wildman–Crippen MR) is 150 cm³/mol. The average molecular weight is 537 g/mol. The van der Waals surface area contributed by atoms with Crippen molar-refractivity contribution in [3.63, 3.8) is 0 Å². The third-order valence-corrected chi connectivity index (χ3v) is 6.31. The molecule has 2 rings (SSSR count). The van der Waals surface area contributed by atoms with Crippen molar-refractivity contribution in [1.82, 2.24) is 10.2 Å². The molecule has 0 aromatic heterocycles. The van der Waals surface area contributed by atoms with Crippen molar-refractivity contribution >= 4 is 23.6 Å². The Morgan fingerprint density at radius 1 is 1.08 bits per heavy atom. The van der Waals surface area contributed by atoms with Crippen LogP contribution in [0.1, 0.15) is 63.8 Å². The van der Waals surface area contributed by atoms with Crippen LogP contribution in [0.4, 0.5) is 10.5 Å². The van der Waals surface area contributed by atoms with Crippen LogP contribution < -0.4 is 15.4 Å². The van der Waals surface area contributed by atoms with E-state index in [-0.39, 0.29) is 12.5 Å². The lowest BCUT2D eigenvalue weighted by atomic mass is 9.93. The van der Waals surface area contributed by atoms with Crippen molar-refractivity contribution in [2.24, 2.45) is 5.92 Å². The molecule has 0 heterocycles. The number of hydrogen-bond donors (Lipinski definition) is 2. The Balaban J connectivity index is 2.56. The molecule has 0 radical (unpaired) electrons. The van der Waals surface area contributed by atoms with E-state index in [0.29, 0.717) is 23.4 Å². The molecule has 9 heteroatoms. The van der Waals surface area contributed by atoms with Gasteiger partial charge >= 0.3 is 6.09 Å². The highest BCUT2D eigenvalue weighted by Gasteiger charge is 2.38. The zero-order valence-corrected chi connectivity index (χ0v) is 24.1. The summed E-state index contributed by atoms with van der Waals surface area (Å²) in [4.78, 5) is 41.8. The van der Waals surface area contributed by atoms with Crippen molar-refractivity contribution in [3.05, 3.63) is 59.2 Å². The number of rotatable bonds is 10. The number of anilines is 1. The van der Waals surface area contributed by atoms with Gasteiger partial charge in [0.15, 0.2) is 0 Å². The minimum atomic E-state index is -1.13. The Labute approximate surface area is 231 Å². The minimum absolute atomic E-state index is 0.296. The molecule has 0 saturated heterocycles. The maximum absolute atomic E-state index is 14.1. The number of nitrogens with zero attached hydrogens (tertiary/aromatic N) is 2. The molecular weight excluding hydrogens is 496 g/mol. The number of carbonyl (C=O) groups is 3. The number of nitriles is 1. The summed E-state index contributed by atoms with van der Waals surface area (Å²) in [5, 5.41) is 15.3. The van der Waals surface area contributed by atoms with Gasteiger partial charge in [-0.1, -0.05) is 44.0 Å². The van der Waals surface area contributed by atoms with Crippen LogP contribution >= 0.6 is 0 Å². The molecule has 3 unspecified atom stereocenters. The monoisotopic (exact) mass is 536 g/mol. The normalized spacial score (nSPS) is 13.3. The summed E-state index contributed by atoms with van der Waals surface area (Å²) >= 11 is 0. The molecule has 210 valence electrons. The fraction of sp³-hybridized carbons (Fsp3) is 0.467. The lowest BCUT2D eigenvalue weighted by Gasteiger charge is -2.35. The number of aryl methyl sites for hydroxylation is 2. The van der Waals surface area contributed by atoms with Gasteiger partial charge in [0.05, 0.1) is 13.2 Å². The molecule has 3 atom stereocenters. The van der Waals surface area contributed by atoms with Crippen molar-refractivity contribution in [1.29, 1.82) is 5.26 Å². The number of methoxy groups -OCH3 is 1. The third-order valence-electron chi connectivity index (χ3n) is 6.31.